The predicted octanol–water partition coefficient (Wildman–Crippen LogP) is 5.81. The van der Waals surface area contributed by atoms with Crippen LogP contribution in [0.25, 0.3) is 0 Å². The van der Waals surface area contributed by atoms with Crippen molar-refractivity contribution in [2.45, 2.75) is 90.4 Å². The molecule has 0 atom stereocenters. The van der Waals surface area contributed by atoms with Gasteiger partial charge in [-0.25, -0.2) is 0 Å². The minimum absolute atomic E-state index is 0.0307. The fourth-order valence-electron chi connectivity index (χ4n) is 3.01. The monoisotopic (exact) mass is 294 g/mol. The molecule has 0 amide bonds. The lowest BCUT2D eigenvalue weighted by Gasteiger charge is -2.17. The Bertz CT molecular complexity index is 277. The van der Waals surface area contributed by atoms with Gasteiger partial charge in [0, 0.05) is 6.42 Å². The second-order valence-corrected chi connectivity index (χ2v) is 6.38. The van der Waals surface area contributed by atoms with Crippen LogP contribution in [-0.2, 0) is 9.53 Å². The van der Waals surface area contributed by atoms with E-state index in [1.165, 1.54) is 64.2 Å². The van der Waals surface area contributed by atoms with E-state index in [-0.39, 0.29) is 5.97 Å². The molecule has 0 aromatic heterocycles. The second-order valence-electron chi connectivity index (χ2n) is 6.38. The minimum Gasteiger partial charge on any atom is -0.461 e. The molecule has 0 N–H and O–H groups in total. The van der Waals surface area contributed by atoms with Crippen molar-refractivity contribution in [2.75, 3.05) is 6.61 Å². The van der Waals surface area contributed by atoms with Gasteiger partial charge in [0.25, 0.3) is 0 Å². The fourth-order valence-corrected chi connectivity index (χ4v) is 3.01. The van der Waals surface area contributed by atoms with Gasteiger partial charge < -0.3 is 4.74 Å². The number of carbonyl (C=O) groups is 1. The van der Waals surface area contributed by atoms with Gasteiger partial charge in [0.2, 0.25) is 0 Å². The molecular weight excluding hydrogens is 260 g/mol. The Morgan fingerprint density at radius 2 is 1.67 bits per heavy atom. The zero-order valence-electron chi connectivity index (χ0n) is 13.9. The van der Waals surface area contributed by atoms with Gasteiger partial charge in [-0.2, -0.15) is 0 Å². The van der Waals surface area contributed by atoms with E-state index in [2.05, 4.69) is 13.0 Å². The third-order valence-electron chi connectivity index (χ3n) is 4.38. The first-order chi connectivity index (χ1) is 10.3. The van der Waals surface area contributed by atoms with Crippen molar-refractivity contribution in [1.29, 1.82) is 0 Å². The number of allylic oxidation sites excluding steroid dienone is 1. The van der Waals surface area contributed by atoms with Gasteiger partial charge in [-0.05, 0) is 25.2 Å². The molecule has 2 nitrogen and oxygen atoms in total. The summed E-state index contributed by atoms with van der Waals surface area (Å²) < 4.78 is 5.25. The Labute approximate surface area is 131 Å². The van der Waals surface area contributed by atoms with Crippen molar-refractivity contribution in [3.05, 3.63) is 12.2 Å². The normalized spacial score (nSPS) is 16.4. The average Bonchev–Trinajstić information content (AvgIpc) is 2.52. The van der Waals surface area contributed by atoms with Crippen LogP contribution in [0.15, 0.2) is 12.2 Å². The smallest absolute Gasteiger partial charge is 0.306 e. The summed E-state index contributed by atoms with van der Waals surface area (Å²) in [6, 6.07) is 0. The van der Waals surface area contributed by atoms with Crippen LogP contribution >= 0.6 is 0 Å². The van der Waals surface area contributed by atoms with Crippen molar-refractivity contribution in [3.63, 3.8) is 0 Å². The molecule has 0 spiro atoms. The van der Waals surface area contributed by atoms with Crippen LogP contribution in [0.2, 0.25) is 0 Å². The third kappa shape index (κ3) is 10.6. The van der Waals surface area contributed by atoms with Crippen molar-refractivity contribution in [3.8, 4) is 0 Å². The summed E-state index contributed by atoms with van der Waals surface area (Å²) in [5, 5.41) is 0. The summed E-state index contributed by atoms with van der Waals surface area (Å²) in [6.45, 7) is 2.70. The lowest BCUT2D eigenvalue weighted by Crippen LogP contribution is -2.06. The molecule has 0 aromatic rings. The highest BCUT2D eigenvalue weighted by Gasteiger charge is 2.09. The first-order valence-corrected chi connectivity index (χ1v) is 9.15. The molecule has 0 aliphatic heterocycles. The summed E-state index contributed by atoms with van der Waals surface area (Å²) in [6.07, 6.45) is 20.3. The van der Waals surface area contributed by atoms with Crippen LogP contribution in [-0.4, -0.2) is 12.6 Å². The van der Waals surface area contributed by atoms with Crippen molar-refractivity contribution >= 4 is 5.97 Å². The summed E-state index contributed by atoms with van der Waals surface area (Å²) in [7, 11) is 0. The molecule has 1 rings (SSSR count). The first kappa shape index (κ1) is 18.3. The van der Waals surface area contributed by atoms with E-state index in [1.54, 1.807) is 0 Å². The van der Waals surface area contributed by atoms with Crippen molar-refractivity contribution in [1.82, 2.24) is 0 Å². The second kappa shape index (κ2) is 12.9. The van der Waals surface area contributed by atoms with Crippen LogP contribution in [0.5, 0.6) is 0 Å². The van der Waals surface area contributed by atoms with Gasteiger partial charge in [-0.3, -0.25) is 4.79 Å². The largest absolute Gasteiger partial charge is 0.461 e. The maximum atomic E-state index is 11.6. The van der Waals surface area contributed by atoms with E-state index in [0.717, 1.165) is 18.8 Å². The van der Waals surface area contributed by atoms with Crippen LogP contribution in [0.1, 0.15) is 90.4 Å². The maximum Gasteiger partial charge on any atom is 0.306 e. The van der Waals surface area contributed by atoms with Gasteiger partial charge in [0.1, 0.15) is 6.61 Å². The molecule has 0 heterocycles. The van der Waals surface area contributed by atoms with E-state index in [9.17, 15) is 4.79 Å². The summed E-state index contributed by atoms with van der Waals surface area (Å²) in [5.41, 5.74) is 0. The van der Waals surface area contributed by atoms with Crippen molar-refractivity contribution < 1.29 is 9.53 Å². The Hall–Kier alpha value is -0.790. The SMILES string of the molecule is CCCCCCCCCC(=O)OCC=CC1CCCCC1. The molecule has 0 aromatic carbocycles. The molecular formula is C19H34O2. The number of carbonyl (C=O) groups excluding carboxylic acids is 1. The Balaban J connectivity index is 1.90. The van der Waals surface area contributed by atoms with Gasteiger partial charge in [-0.15, -0.1) is 0 Å². The number of esters is 1. The summed E-state index contributed by atoms with van der Waals surface area (Å²) in [5.74, 6) is 0.692. The predicted molar refractivity (Wildman–Crippen MR) is 89.3 cm³/mol. The van der Waals surface area contributed by atoms with Gasteiger partial charge in [-0.1, -0.05) is 76.9 Å². The van der Waals surface area contributed by atoms with E-state index in [1.807, 2.05) is 6.08 Å². The molecule has 2 heteroatoms. The number of ether oxygens (including phenoxy) is 1. The molecule has 0 saturated heterocycles. The lowest BCUT2D eigenvalue weighted by atomic mass is 9.89. The highest BCUT2D eigenvalue weighted by Crippen LogP contribution is 2.24. The lowest BCUT2D eigenvalue weighted by molar-refractivity contribution is -0.142. The number of unbranched alkanes of at least 4 members (excludes halogenated alkanes) is 6. The maximum absolute atomic E-state index is 11.6. The van der Waals surface area contributed by atoms with Crippen LogP contribution in [0.3, 0.4) is 0 Å². The van der Waals surface area contributed by atoms with Gasteiger partial charge in [0.15, 0.2) is 0 Å². The Kier molecular flexibility index (Phi) is 11.2. The highest BCUT2D eigenvalue weighted by atomic mass is 16.5. The van der Waals surface area contributed by atoms with Gasteiger partial charge >= 0.3 is 5.97 Å². The standard InChI is InChI=1S/C19H34O2/c1-2-3-4-5-6-7-11-16-19(20)21-17-12-15-18-13-9-8-10-14-18/h12,15,18H,2-11,13-14,16-17H2,1H3. The number of hydrogen-bond acceptors (Lipinski definition) is 2. The Morgan fingerprint density at radius 1 is 1.00 bits per heavy atom. The van der Waals surface area contributed by atoms with Crippen LogP contribution in [0.4, 0.5) is 0 Å². The number of hydrogen-bond donors (Lipinski definition) is 0. The number of rotatable bonds is 11. The van der Waals surface area contributed by atoms with E-state index in [4.69, 9.17) is 4.74 Å². The van der Waals surface area contributed by atoms with Gasteiger partial charge in [0.05, 0.1) is 0 Å². The molecule has 1 fully saturated rings. The molecule has 0 unspecified atom stereocenters. The van der Waals surface area contributed by atoms with Crippen molar-refractivity contribution in [2.24, 2.45) is 5.92 Å². The van der Waals surface area contributed by atoms with E-state index >= 15 is 0 Å². The summed E-state index contributed by atoms with van der Waals surface area (Å²) in [4.78, 5) is 11.6. The quantitative estimate of drug-likeness (QED) is 0.273. The van der Waals surface area contributed by atoms with E-state index < -0.39 is 0 Å². The Morgan fingerprint density at radius 3 is 2.38 bits per heavy atom. The highest BCUT2D eigenvalue weighted by molar-refractivity contribution is 5.69. The molecule has 0 radical (unpaired) electrons. The third-order valence-corrected chi connectivity index (χ3v) is 4.38. The molecule has 1 saturated carbocycles. The molecule has 21 heavy (non-hydrogen) atoms. The minimum atomic E-state index is -0.0307. The van der Waals surface area contributed by atoms with Crippen LogP contribution < -0.4 is 0 Å². The zero-order valence-corrected chi connectivity index (χ0v) is 13.9. The summed E-state index contributed by atoms with van der Waals surface area (Å²) >= 11 is 0. The van der Waals surface area contributed by atoms with Crippen LogP contribution in [0, 0.1) is 5.92 Å². The fraction of sp³-hybridized carbons (Fsp3) is 0.842. The van der Waals surface area contributed by atoms with E-state index in [0.29, 0.717) is 13.0 Å². The topological polar surface area (TPSA) is 26.3 Å². The molecule has 122 valence electrons. The molecule has 1 aliphatic rings. The molecule has 0 bridgehead atoms. The first-order valence-electron chi connectivity index (χ1n) is 9.15. The molecule has 1 aliphatic carbocycles. The average molecular weight is 294 g/mol. The zero-order chi connectivity index (χ0) is 15.2.